The summed E-state index contributed by atoms with van der Waals surface area (Å²) >= 11 is 0. The van der Waals surface area contributed by atoms with Crippen LogP contribution >= 0.6 is 0 Å². The van der Waals surface area contributed by atoms with Crippen LogP contribution in [0.5, 0.6) is 0 Å². The van der Waals surface area contributed by atoms with Crippen LogP contribution in [0.2, 0.25) is 0 Å². The molecule has 4 atom stereocenters. The van der Waals surface area contributed by atoms with Crippen LogP contribution in [0.15, 0.2) is 16.5 Å². The molecule has 2 aliphatic heterocycles. The molecule has 1 aromatic heterocycles. The van der Waals surface area contributed by atoms with Gasteiger partial charge in [-0.2, -0.15) is 15.8 Å². The van der Waals surface area contributed by atoms with E-state index in [9.17, 15) is 15.8 Å². The first-order chi connectivity index (χ1) is 10.8. The molecule has 3 heterocycles. The molecule has 2 fully saturated rings. The van der Waals surface area contributed by atoms with Crippen LogP contribution in [0.1, 0.15) is 31.5 Å². The fraction of sp³-hybridized carbons (Fsp3) is 0.500. The van der Waals surface area contributed by atoms with Crippen molar-refractivity contribution >= 4 is 5.90 Å². The lowest BCUT2D eigenvalue weighted by molar-refractivity contribution is -0.272. The van der Waals surface area contributed by atoms with Crippen molar-refractivity contribution in [3.8, 4) is 18.2 Å². The topological polar surface area (TPSA) is 127 Å². The van der Waals surface area contributed by atoms with E-state index >= 15 is 0 Å². The summed E-state index contributed by atoms with van der Waals surface area (Å²) in [4.78, 5) is 0. The Morgan fingerprint density at radius 2 is 1.83 bits per heavy atom. The van der Waals surface area contributed by atoms with E-state index in [1.54, 1.807) is 32.9 Å². The number of nitriles is 3. The maximum atomic E-state index is 9.83. The number of furan rings is 1. The molecule has 0 aromatic carbocycles. The minimum atomic E-state index is -1.95. The maximum absolute atomic E-state index is 9.83. The van der Waals surface area contributed by atoms with Gasteiger partial charge in [0.05, 0.1) is 24.1 Å². The van der Waals surface area contributed by atoms with Gasteiger partial charge < -0.3 is 13.9 Å². The standard InChI is InChI=1S/C16H14N4O3/c1-9-4-5-11(21-9)12-15(6-17,7-18)16(8-19)10(2)14(3,22-12)23-13(16)20/h4-5,10,12,20H,1-3H3. The smallest absolute Gasteiger partial charge is 0.214 e. The van der Waals surface area contributed by atoms with Gasteiger partial charge in [0, 0.05) is 6.92 Å². The molecule has 3 rings (SSSR count). The SMILES string of the molecule is Cc1ccc(C2OC3(C)OC(=N)C(C#N)(C3C)C2(C#N)C#N)o1. The summed E-state index contributed by atoms with van der Waals surface area (Å²) in [6.45, 7) is 4.98. The number of ether oxygens (including phenoxy) is 2. The number of nitrogens with one attached hydrogen (secondary N) is 1. The van der Waals surface area contributed by atoms with E-state index in [4.69, 9.17) is 19.3 Å². The van der Waals surface area contributed by atoms with Gasteiger partial charge in [-0.05, 0) is 19.1 Å². The molecule has 23 heavy (non-hydrogen) atoms. The lowest BCUT2D eigenvalue weighted by Crippen LogP contribution is -2.57. The van der Waals surface area contributed by atoms with Crippen molar-refractivity contribution in [2.75, 3.05) is 0 Å². The molecule has 0 saturated carbocycles. The lowest BCUT2D eigenvalue weighted by Gasteiger charge is -2.46. The average molecular weight is 310 g/mol. The number of aryl methyl sites for hydroxylation is 1. The van der Waals surface area contributed by atoms with E-state index in [1.165, 1.54) is 0 Å². The molecule has 0 amide bonds. The molecule has 0 radical (unpaired) electrons. The van der Waals surface area contributed by atoms with Crippen LogP contribution in [0.3, 0.4) is 0 Å². The second-order valence-corrected chi connectivity index (χ2v) is 6.07. The molecule has 2 saturated heterocycles. The molecule has 7 nitrogen and oxygen atoms in total. The van der Waals surface area contributed by atoms with Gasteiger partial charge in [0.1, 0.15) is 11.5 Å². The molecule has 2 aliphatic rings. The third-order valence-electron chi connectivity index (χ3n) is 5.01. The molecule has 1 aromatic rings. The van der Waals surface area contributed by atoms with E-state index < -0.39 is 34.5 Å². The van der Waals surface area contributed by atoms with Gasteiger partial charge in [0.2, 0.25) is 17.1 Å². The van der Waals surface area contributed by atoms with Crippen molar-refractivity contribution < 1.29 is 13.9 Å². The molecule has 116 valence electrons. The highest BCUT2D eigenvalue weighted by atomic mass is 16.7. The van der Waals surface area contributed by atoms with Gasteiger partial charge in [0.25, 0.3) is 0 Å². The van der Waals surface area contributed by atoms with Crippen molar-refractivity contribution in [1.29, 1.82) is 21.2 Å². The quantitative estimate of drug-likeness (QED) is 0.849. The van der Waals surface area contributed by atoms with Gasteiger partial charge in [-0.3, -0.25) is 5.41 Å². The van der Waals surface area contributed by atoms with E-state index in [2.05, 4.69) is 0 Å². The number of hydrogen-bond donors (Lipinski definition) is 1. The van der Waals surface area contributed by atoms with Crippen LogP contribution in [0.4, 0.5) is 0 Å². The predicted molar refractivity (Wildman–Crippen MR) is 75.4 cm³/mol. The number of rotatable bonds is 1. The van der Waals surface area contributed by atoms with Gasteiger partial charge in [-0.1, -0.05) is 6.92 Å². The third-order valence-corrected chi connectivity index (χ3v) is 5.01. The highest BCUT2D eigenvalue weighted by Gasteiger charge is 2.78. The van der Waals surface area contributed by atoms with E-state index in [-0.39, 0.29) is 5.76 Å². The average Bonchev–Trinajstić information content (AvgIpc) is 3.00. The van der Waals surface area contributed by atoms with Crippen LogP contribution < -0.4 is 0 Å². The monoisotopic (exact) mass is 310 g/mol. The Labute approximate surface area is 133 Å². The second kappa shape index (κ2) is 4.35. The van der Waals surface area contributed by atoms with Crippen molar-refractivity contribution in [3.05, 3.63) is 23.7 Å². The molecule has 2 bridgehead atoms. The Balaban J connectivity index is 2.33. The summed E-state index contributed by atoms with van der Waals surface area (Å²) in [6.07, 6.45) is -1.13. The predicted octanol–water partition coefficient (Wildman–Crippen LogP) is 2.56. The van der Waals surface area contributed by atoms with Crippen molar-refractivity contribution in [1.82, 2.24) is 0 Å². The molecule has 7 heteroatoms. The zero-order chi connectivity index (χ0) is 17.0. The normalized spacial score (nSPS) is 37.3. The fourth-order valence-electron chi connectivity index (χ4n) is 3.56. The lowest BCUT2D eigenvalue weighted by atomic mass is 9.54. The van der Waals surface area contributed by atoms with Gasteiger partial charge in [-0.25, -0.2) is 0 Å². The van der Waals surface area contributed by atoms with Crippen LogP contribution in [-0.4, -0.2) is 11.7 Å². The Hall–Kier alpha value is -2.82. The Kier molecular flexibility index (Phi) is 2.85. The molecule has 0 aliphatic carbocycles. The van der Waals surface area contributed by atoms with Crippen LogP contribution in [0, 0.1) is 63.1 Å². The van der Waals surface area contributed by atoms with Crippen LogP contribution in [-0.2, 0) is 9.47 Å². The van der Waals surface area contributed by atoms with Crippen molar-refractivity contribution in [2.45, 2.75) is 32.7 Å². The van der Waals surface area contributed by atoms with E-state index in [0.29, 0.717) is 5.76 Å². The third kappa shape index (κ3) is 1.46. The fourth-order valence-corrected chi connectivity index (χ4v) is 3.56. The van der Waals surface area contributed by atoms with Gasteiger partial charge in [0.15, 0.2) is 11.5 Å². The largest absolute Gasteiger partial charge is 0.464 e. The first kappa shape index (κ1) is 15.1. The highest BCUT2D eigenvalue weighted by molar-refractivity contribution is 5.89. The zero-order valence-electron chi connectivity index (χ0n) is 12.9. The summed E-state index contributed by atoms with van der Waals surface area (Å²) in [5.74, 6) is -1.51. The van der Waals surface area contributed by atoms with E-state index in [0.717, 1.165) is 0 Å². The Morgan fingerprint density at radius 1 is 1.17 bits per heavy atom. The summed E-state index contributed by atoms with van der Waals surface area (Å²) in [6, 6.07) is 9.18. The van der Waals surface area contributed by atoms with Crippen LogP contribution in [0.25, 0.3) is 0 Å². The summed E-state index contributed by atoms with van der Waals surface area (Å²) < 4.78 is 17.0. The first-order valence-corrected chi connectivity index (χ1v) is 7.07. The number of nitrogens with zero attached hydrogens (tertiary/aromatic N) is 3. The zero-order valence-corrected chi connectivity index (χ0v) is 12.9. The van der Waals surface area contributed by atoms with Crippen molar-refractivity contribution in [3.63, 3.8) is 0 Å². The Morgan fingerprint density at radius 3 is 2.30 bits per heavy atom. The molecular weight excluding hydrogens is 296 g/mol. The minimum Gasteiger partial charge on any atom is -0.464 e. The summed E-state index contributed by atoms with van der Waals surface area (Å²) in [5.41, 5.74) is -3.67. The number of hydrogen-bond acceptors (Lipinski definition) is 7. The number of fused-ring (bicyclic) bond motifs is 2. The minimum absolute atomic E-state index is 0.265. The Bertz CT molecular complexity index is 810. The molecule has 1 N–H and O–H groups in total. The molecule has 0 spiro atoms. The molecule has 4 unspecified atom stereocenters. The summed E-state index contributed by atoms with van der Waals surface area (Å²) in [5, 5.41) is 37.6. The highest BCUT2D eigenvalue weighted by Crippen LogP contribution is 2.66. The second-order valence-electron chi connectivity index (χ2n) is 6.07. The molecular formula is C16H14N4O3. The first-order valence-electron chi connectivity index (χ1n) is 7.07. The maximum Gasteiger partial charge on any atom is 0.214 e. The summed E-state index contributed by atoms with van der Waals surface area (Å²) in [7, 11) is 0. The van der Waals surface area contributed by atoms with E-state index in [1.807, 2.05) is 18.2 Å². The van der Waals surface area contributed by atoms with Gasteiger partial charge in [-0.15, -0.1) is 0 Å². The van der Waals surface area contributed by atoms with Crippen molar-refractivity contribution in [2.24, 2.45) is 16.7 Å². The van der Waals surface area contributed by atoms with Gasteiger partial charge >= 0.3 is 0 Å².